The van der Waals surface area contributed by atoms with E-state index in [2.05, 4.69) is 12.2 Å². The fourth-order valence-corrected chi connectivity index (χ4v) is 2.27. The zero-order chi connectivity index (χ0) is 9.31. The summed E-state index contributed by atoms with van der Waals surface area (Å²) in [5, 5.41) is 3.59. The summed E-state index contributed by atoms with van der Waals surface area (Å²) in [6.07, 6.45) is 6.66. The van der Waals surface area contributed by atoms with E-state index >= 15 is 0 Å². The van der Waals surface area contributed by atoms with Crippen LogP contribution >= 0.6 is 0 Å². The first-order valence-corrected chi connectivity index (χ1v) is 5.64. The van der Waals surface area contributed by atoms with E-state index in [1.165, 1.54) is 45.2 Å². The third kappa shape index (κ3) is 2.68. The van der Waals surface area contributed by atoms with Gasteiger partial charge < -0.3 is 11.1 Å². The molecule has 2 fully saturated rings. The van der Waals surface area contributed by atoms with Gasteiger partial charge in [0.25, 0.3) is 0 Å². The van der Waals surface area contributed by atoms with Crippen LogP contribution in [0.1, 0.15) is 39.0 Å². The maximum Gasteiger partial charge on any atom is 0.00420 e. The highest BCUT2D eigenvalue weighted by Crippen LogP contribution is 2.44. The Hall–Kier alpha value is -0.0800. The van der Waals surface area contributed by atoms with E-state index in [1.54, 1.807) is 0 Å². The van der Waals surface area contributed by atoms with E-state index < -0.39 is 0 Å². The van der Waals surface area contributed by atoms with Crippen LogP contribution in [0.25, 0.3) is 0 Å². The van der Waals surface area contributed by atoms with Crippen molar-refractivity contribution in [1.29, 1.82) is 0 Å². The van der Waals surface area contributed by atoms with Gasteiger partial charge in [0, 0.05) is 12.6 Å². The second-order valence-electron chi connectivity index (χ2n) is 5.38. The molecule has 2 aliphatic carbocycles. The lowest BCUT2D eigenvalue weighted by Gasteiger charge is -2.13. The SMILES string of the molecule is CC1(CNCC2CCC(N)C2)CC1. The molecule has 3 N–H and O–H groups in total. The van der Waals surface area contributed by atoms with Gasteiger partial charge in [0.05, 0.1) is 0 Å². The zero-order valence-electron chi connectivity index (χ0n) is 8.68. The summed E-state index contributed by atoms with van der Waals surface area (Å²) in [5.74, 6) is 0.859. The summed E-state index contributed by atoms with van der Waals surface area (Å²) in [6, 6.07) is 0.489. The van der Waals surface area contributed by atoms with Crippen LogP contribution in [0.5, 0.6) is 0 Å². The molecule has 0 aromatic heterocycles. The van der Waals surface area contributed by atoms with Crippen LogP contribution in [-0.2, 0) is 0 Å². The van der Waals surface area contributed by atoms with E-state index in [1.807, 2.05) is 0 Å². The Balaban J connectivity index is 1.58. The molecular weight excluding hydrogens is 160 g/mol. The molecule has 2 atom stereocenters. The second-order valence-corrected chi connectivity index (χ2v) is 5.38. The maximum absolute atomic E-state index is 5.87. The fourth-order valence-electron chi connectivity index (χ4n) is 2.27. The minimum Gasteiger partial charge on any atom is -0.328 e. The second kappa shape index (κ2) is 3.58. The number of hydrogen-bond acceptors (Lipinski definition) is 2. The van der Waals surface area contributed by atoms with Crippen LogP contribution in [0.15, 0.2) is 0 Å². The predicted octanol–water partition coefficient (Wildman–Crippen LogP) is 1.50. The van der Waals surface area contributed by atoms with Crippen molar-refractivity contribution in [3.05, 3.63) is 0 Å². The molecule has 2 unspecified atom stereocenters. The van der Waals surface area contributed by atoms with Crippen LogP contribution in [0.3, 0.4) is 0 Å². The molecule has 0 aliphatic heterocycles. The number of rotatable bonds is 4. The smallest absolute Gasteiger partial charge is 0.00420 e. The van der Waals surface area contributed by atoms with E-state index in [0.717, 1.165) is 5.92 Å². The Labute approximate surface area is 81.3 Å². The molecule has 0 aromatic rings. The first-order valence-electron chi connectivity index (χ1n) is 5.64. The normalized spacial score (nSPS) is 36.5. The lowest BCUT2D eigenvalue weighted by molar-refractivity contribution is 0.433. The number of nitrogens with two attached hydrogens (primary N) is 1. The molecule has 13 heavy (non-hydrogen) atoms. The van der Waals surface area contributed by atoms with Crippen molar-refractivity contribution in [2.24, 2.45) is 17.1 Å². The first kappa shape index (κ1) is 9.47. The quantitative estimate of drug-likeness (QED) is 0.691. The molecule has 0 aromatic carbocycles. The third-order valence-corrected chi connectivity index (χ3v) is 3.67. The van der Waals surface area contributed by atoms with Gasteiger partial charge in [-0.25, -0.2) is 0 Å². The molecule has 76 valence electrons. The van der Waals surface area contributed by atoms with Crippen molar-refractivity contribution < 1.29 is 0 Å². The Morgan fingerprint density at radius 1 is 1.38 bits per heavy atom. The minimum absolute atomic E-state index is 0.489. The molecule has 2 rings (SSSR count). The Morgan fingerprint density at radius 3 is 2.69 bits per heavy atom. The molecule has 2 heteroatoms. The maximum atomic E-state index is 5.87. The summed E-state index contributed by atoms with van der Waals surface area (Å²) in [6.45, 7) is 4.79. The predicted molar refractivity (Wildman–Crippen MR) is 55.5 cm³/mol. The van der Waals surface area contributed by atoms with Crippen LogP contribution in [0, 0.1) is 11.3 Å². The summed E-state index contributed by atoms with van der Waals surface area (Å²) in [5.41, 5.74) is 6.52. The van der Waals surface area contributed by atoms with Crippen molar-refractivity contribution in [3.63, 3.8) is 0 Å². The lowest BCUT2D eigenvalue weighted by atomic mass is 10.1. The topological polar surface area (TPSA) is 38.0 Å². The summed E-state index contributed by atoms with van der Waals surface area (Å²) in [4.78, 5) is 0. The Kier molecular flexibility index (Phi) is 2.61. The average molecular weight is 182 g/mol. The fraction of sp³-hybridized carbons (Fsp3) is 1.00. The molecule has 0 radical (unpaired) electrons. The van der Waals surface area contributed by atoms with Gasteiger partial charge in [-0.15, -0.1) is 0 Å². The first-order chi connectivity index (χ1) is 6.18. The van der Waals surface area contributed by atoms with Gasteiger partial charge in [-0.3, -0.25) is 0 Å². The average Bonchev–Trinajstić information content (AvgIpc) is 2.65. The zero-order valence-corrected chi connectivity index (χ0v) is 8.68. The van der Waals surface area contributed by atoms with Crippen molar-refractivity contribution in [2.45, 2.75) is 45.1 Å². The van der Waals surface area contributed by atoms with Crippen molar-refractivity contribution in [1.82, 2.24) is 5.32 Å². The van der Waals surface area contributed by atoms with Crippen molar-refractivity contribution >= 4 is 0 Å². The molecule has 0 bridgehead atoms. The Bertz CT molecular complexity index is 175. The van der Waals surface area contributed by atoms with E-state index in [0.29, 0.717) is 11.5 Å². The van der Waals surface area contributed by atoms with Gasteiger partial charge in [0.2, 0.25) is 0 Å². The van der Waals surface area contributed by atoms with E-state index in [4.69, 9.17) is 5.73 Å². The highest BCUT2D eigenvalue weighted by Gasteiger charge is 2.36. The molecule has 0 heterocycles. The molecule has 2 saturated carbocycles. The van der Waals surface area contributed by atoms with Crippen LogP contribution < -0.4 is 11.1 Å². The highest BCUT2D eigenvalue weighted by atomic mass is 14.9. The molecule has 2 aliphatic rings. The number of hydrogen-bond donors (Lipinski definition) is 2. The number of nitrogens with one attached hydrogen (secondary N) is 1. The van der Waals surface area contributed by atoms with Gasteiger partial charge in [0.15, 0.2) is 0 Å². The molecular formula is C11H22N2. The molecule has 2 nitrogen and oxygen atoms in total. The third-order valence-electron chi connectivity index (χ3n) is 3.67. The monoisotopic (exact) mass is 182 g/mol. The van der Waals surface area contributed by atoms with Crippen LogP contribution in [0.2, 0.25) is 0 Å². The van der Waals surface area contributed by atoms with Crippen molar-refractivity contribution in [2.75, 3.05) is 13.1 Å². The summed E-state index contributed by atoms with van der Waals surface area (Å²) < 4.78 is 0. The highest BCUT2D eigenvalue weighted by molar-refractivity contribution is 4.90. The Morgan fingerprint density at radius 2 is 2.15 bits per heavy atom. The summed E-state index contributed by atoms with van der Waals surface area (Å²) in [7, 11) is 0. The largest absolute Gasteiger partial charge is 0.328 e. The van der Waals surface area contributed by atoms with Gasteiger partial charge >= 0.3 is 0 Å². The van der Waals surface area contributed by atoms with Crippen LogP contribution in [-0.4, -0.2) is 19.1 Å². The minimum atomic E-state index is 0.489. The van der Waals surface area contributed by atoms with Crippen LogP contribution in [0.4, 0.5) is 0 Å². The van der Waals surface area contributed by atoms with Gasteiger partial charge in [-0.05, 0) is 50.0 Å². The van der Waals surface area contributed by atoms with E-state index in [-0.39, 0.29) is 0 Å². The summed E-state index contributed by atoms with van der Waals surface area (Å²) >= 11 is 0. The van der Waals surface area contributed by atoms with Gasteiger partial charge in [0.1, 0.15) is 0 Å². The van der Waals surface area contributed by atoms with E-state index in [9.17, 15) is 0 Å². The molecule has 0 spiro atoms. The standard InChI is InChI=1S/C11H22N2/c1-11(4-5-11)8-13-7-9-2-3-10(12)6-9/h9-10,13H,2-8,12H2,1H3. The molecule has 0 amide bonds. The molecule has 0 saturated heterocycles. The van der Waals surface area contributed by atoms with Gasteiger partial charge in [-0.1, -0.05) is 6.92 Å². The van der Waals surface area contributed by atoms with Crippen molar-refractivity contribution in [3.8, 4) is 0 Å². The lowest BCUT2D eigenvalue weighted by Crippen LogP contribution is -2.27. The van der Waals surface area contributed by atoms with Gasteiger partial charge in [-0.2, -0.15) is 0 Å².